The summed E-state index contributed by atoms with van der Waals surface area (Å²) >= 11 is 0. The molecule has 17 nitrogen and oxygen atoms in total. The van der Waals surface area contributed by atoms with Gasteiger partial charge in [-0.3, -0.25) is 29.0 Å². The molecule has 0 spiro atoms. The molecule has 0 aliphatic rings. The highest BCUT2D eigenvalue weighted by Crippen LogP contribution is 2.05. The van der Waals surface area contributed by atoms with E-state index in [-0.39, 0.29) is 38.2 Å². The van der Waals surface area contributed by atoms with Crippen LogP contribution in [0.4, 0.5) is 0 Å². The highest BCUT2D eigenvalue weighted by molar-refractivity contribution is 5.96. The van der Waals surface area contributed by atoms with Gasteiger partial charge in [-0.25, -0.2) is 4.79 Å². The quantitative estimate of drug-likeness (QED) is 0.0393. The molecule has 4 atom stereocenters. The van der Waals surface area contributed by atoms with E-state index in [2.05, 4.69) is 20.9 Å². The van der Waals surface area contributed by atoms with Crippen LogP contribution in [0.1, 0.15) is 51.4 Å². The van der Waals surface area contributed by atoms with Crippen molar-refractivity contribution in [2.24, 2.45) is 39.4 Å². The Morgan fingerprint density at radius 3 is 1.82 bits per heavy atom. The van der Waals surface area contributed by atoms with Gasteiger partial charge in [-0.05, 0) is 38.6 Å². The van der Waals surface area contributed by atoms with Crippen molar-refractivity contribution >= 4 is 41.5 Å². The molecule has 0 saturated heterocycles. The third-order valence-corrected chi connectivity index (χ3v) is 5.22. The maximum absolute atomic E-state index is 13.0. The van der Waals surface area contributed by atoms with Crippen molar-refractivity contribution in [2.45, 2.75) is 75.5 Å². The van der Waals surface area contributed by atoms with E-state index in [0.29, 0.717) is 25.8 Å². The molecule has 0 radical (unpaired) electrons. The molecular weight excluding hydrogens is 504 g/mol. The summed E-state index contributed by atoms with van der Waals surface area (Å²) < 4.78 is 0. The molecule has 0 aliphatic carbocycles. The number of carboxylic acid groups (broad SMARTS) is 1. The summed E-state index contributed by atoms with van der Waals surface area (Å²) in [5, 5.41) is 16.3. The lowest BCUT2D eigenvalue weighted by atomic mass is 10.1. The van der Waals surface area contributed by atoms with Crippen molar-refractivity contribution in [1.29, 1.82) is 0 Å². The van der Waals surface area contributed by atoms with Gasteiger partial charge in [-0.1, -0.05) is 6.42 Å². The second-order valence-corrected chi connectivity index (χ2v) is 8.54. The minimum Gasteiger partial charge on any atom is -0.480 e. The zero-order chi connectivity index (χ0) is 29.3. The van der Waals surface area contributed by atoms with E-state index in [1.165, 1.54) is 0 Å². The fourth-order valence-corrected chi connectivity index (χ4v) is 3.19. The van der Waals surface area contributed by atoms with E-state index in [1.807, 2.05) is 0 Å². The van der Waals surface area contributed by atoms with Crippen LogP contribution in [0.2, 0.25) is 0 Å². The van der Waals surface area contributed by atoms with Gasteiger partial charge in [0.15, 0.2) is 5.96 Å². The summed E-state index contributed by atoms with van der Waals surface area (Å²) in [6, 6.07) is -5.24. The number of amides is 5. The smallest absolute Gasteiger partial charge is 0.326 e. The van der Waals surface area contributed by atoms with E-state index < -0.39 is 66.1 Å². The van der Waals surface area contributed by atoms with Crippen molar-refractivity contribution in [3.8, 4) is 0 Å². The van der Waals surface area contributed by atoms with E-state index >= 15 is 0 Å². The molecule has 17 heteroatoms. The van der Waals surface area contributed by atoms with Gasteiger partial charge in [-0.15, -0.1) is 0 Å². The summed E-state index contributed by atoms with van der Waals surface area (Å²) in [5.41, 5.74) is 32.1. The van der Waals surface area contributed by atoms with Gasteiger partial charge < -0.3 is 55.5 Å². The number of aliphatic imine (C=N–C) groups is 1. The van der Waals surface area contributed by atoms with Crippen LogP contribution in [0.15, 0.2) is 4.99 Å². The number of unbranched alkanes of at least 4 members (excludes halogenated alkanes) is 1. The minimum atomic E-state index is -1.58. The Balaban J connectivity index is 5.60. The molecule has 0 saturated carbocycles. The highest BCUT2D eigenvalue weighted by atomic mass is 16.4. The minimum absolute atomic E-state index is 0.0329. The number of nitrogens with two attached hydrogens (primary N) is 6. The average Bonchev–Trinajstić information content (AvgIpc) is 2.82. The molecule has 0 heterocycles. The number of hydrogen-bond acceptors (Lipinski definition) is 9. The molecule has 0 aromatic carbocycles. The molecule has 0 rings (SSSR count). The van der Waals surface area contributed by atoms with Crippen LogP contribution in [0.3, 0.4) is 0 Å². The molecular formula is C21H40N10O7. The average molecular weight is 545 g/mol. The number of rotatable bonds is 20. The number of primary amides is 2. The molecule has 16 N–H and O–H groups in total. The third-order valence-electron chi connectivity index (χ3n) is 5.22. The molecule has 216 valence electrons. The topological polar surface area (TPSA) is 327 Å². The zero-order valence-corrected chi connectivity index (χ0v) is 21.2. The van der Waals surface area contributed by atoms with Gasteiger partial charge in [-0.2, -0.15) is 0 Å². The van der Waals surface area contributed by atoms with E-state index in [9.17, 15) is 33.9 Å². The van der Waals surface area contributed by atoms with Crippen molar-refractivity contribution < 1.29 is 33.9 Å². The summed E-state index contributed by atoms with van der Waals surface area (Å²) in [7, 11) is 0. The largest absolute Gasteiger partial charge is 0.480 e. The zero-order valence-electron chi connectivity index (χ0n) is 21.2. The Kier molecular flexibility index (Phi) is 16.4. The fraction of sp³-hybridized carbons (Fsp3) is 0.667. The summed E-state index contributed by atoms with van der Waals surface area (Å²) in [6.45, 7) is 0.564. The van der Waals surface area contributed by atoms with Crippen molar-refractivity contribution in [1.82, 2.24) is 16.0 Å². The molecule has 4 unspecified atom stereocenters. The molecule has 0 aromatic rings. The number of guanidine groups is 1. The first-order valence-electron chi connectivity index (χ1n) is 12.0. The SMILES string of the molecule is NCCCCC(N)C(=O)NC(CCCN=C(N)N)C(=O)NC(CC(N)=O)C(=O)NC(CCC(N)=O)C(=O)O. The first-order chi connectivity index (χ1) is 17.8. The van der Waals surface area contributed by atoms with Crippen molar-refractivity contribution in [3.05, 3.63) is 0 Å². The first-order valence-corrected chi connectivity index (χ1v) is 12.0. The van der Waals surface area contributed by atoms with Crippen LogP contribution in [-0.4, -0.2) is 83.8 Å². The summed E-state index contributed by atoms with van der Waals surface area (Å²) in [4.78, 5) is 76.1. The normalized spacial score (nSPS) is 13.7. The van der Waals surface area contributed by atoms with Gasteiger partial charge in [0.05, 0.1) is 12.5 Å². The van der Waals surface area contributed by atoms with Gasteiger partial charge in [0, 0.05) is 13.0 Å². The predicted octanol–water partition coefficient (Wildman–Crippen LogP) is -4.82. The van der Waals surface area contributed by atoms with Crippen LogP contribution in [0.5, 0.6) is 0 Å². The molecule has 5 amide bonds. The van der Waals surface area contributed by atoms with Gasteiger partial charge in [0.1, 0.15) is 18.1 Å². The Hall–Kier alpha value is -3.99. The van der Waals surface area contributed by atoms with Crippen molar-refractivity contribution in [2.75, 3.05) is 13.1 Å². The molecule has 0 fully saturated rings. The van der Waals surface area contributed by atoms with E-state index in [4.69, 9.17) is 34.4 Å². The van der Waals surface area contributed by atoms with Gasteiger partial charge in [0.2, 0.25) is 29.5 Å². The number of carboxylic acids is 1. The molecule has 0 aliphatic heterocycles. The highest BCUT2D eigenvalue weighted by Gasteiger charge is 2.31. The number of nitrogens with zero attached hydrogens (tertiary/aromatic N) is 1. The number of nitrogens with one attached hydrogen (secondary N) is 3. The predicted molar refractivity (Wildman–Crippen MR) is 136 cm³/mol. The standard InChI is InChI=1S/C21H40N10O7/c22-8-2-1-4-11(23)17(34)29-12(5-3-9-28-21(26)27)18(35)31-14(10-16(25)33)19(36)30-13(20(37)38)6-7-15(24)32/h11-14H,1-10,22-23H2,(H2,24,32)(H2,25,33)(H,29,34)(H,30,36)(H,31,35)(H,37,38)(H4,26,27,28). The Labute approximate surface area is 219 Å². The maximum Gasteiger partial charge on any atom is 0.326 e. The van der Waals surface area contributed by atoms with E-state index in [1.54, 1.807) is 0 Å². The Morgan fingerprint density at radius 1 is 0.711 bits per heavy atom. The number of carbonyl (C=O) groups excluding carboxylic acids is 5. The van der Waals surface area contributed by atoms with Crippen LogP contribution in [0.25, 0.3) is 0 Å². The molecule has 0 aromatic heterocycles. The van der Waals surface area contributed by atoms with Crippen LogP contribution in [0, 0.1) is 0 Å². The Bertz CT molecular complexity index is 863. The maximum atomic E-state index is 13.0. The van der Waals surface area contributed by atoms with Crippen LogP contribution >= 0.6 is 0 Å². The molecule has 0 bridgehead atoms. The lowest BCUT2D eigenvalue weighted by Crippen LogP contribution is -2.57. The lowest BCUT2D eigenvalue weighted by Gasteiger charge is -2.24. The lowest BCUT2D eigenvalue weighted by molar-refractivity contribution is -0.142. The number of hydrogen-bond donors (Lipinski definition) is 10. The second kappa shape index (κ2) is 18.3. The monoisotopic (exact) mass is 544 g/mol. The number of aliphatic carboxylic acids is 1. The van der Waals surface area contributed by atoms with Crippen molar-refractivity contribution in [3.63, 3.8) is 0 Å². The summed E-state index contributed by atoms with van der Waals surface area (Å²) in [6.07, 6.45) is 0.522. The number of carbonyl (C=O) groups is 6. The third kappa shape index (κ3) is 15.2. The first kappa shape index (κ1) is 34.0. The second-order valence-electron chi connectivity index (χ2n) is 8.54. The fourth-order valence-electron chi connectivity index (χ4n) is 3.19. The van der Waals surface area contributed by atoms with Crippen LogP contribution in [-0.2, 0) is 28.8 Å². The van der Waals surface area contributed by atoms with Gasteiger partial charge in [0.25, 0.3) is 0 Å². The molecule has 38 heavy (non-hydrogen) atoms. The van der Waals surface area contributed by atoms with E-state index in [0.717, 1.165) is 0 Å². The van der Waals surface area contributed by atoms with Crippen LogP contribution < -0.4 is 50.4 Å². The Morgan fingerprint density at radius 2 is 1.29 bits per heavy atom. The van der Waals surface area contributed by atoms with Gasteiger partial charge >= 0.3 is 5.97 Å². The summed E-state index contributed by atoms with van der Waals surface area (Å²) in [5.74, 6) is -5.91.